The maximum atomic E-state index is 11.8. The lowest BCUT2D eigenvalue weighted by Gasteiger charge is -2.17. The molecule has 0 N–H and O–H groups in total. The number of likely N-dealkylation sites (N-methyl/N-ethyl adjacent to an activating group) is 1. The average molecular weight is 350 g/mol. The molecule has 5 nitrogen and oxygen atoms in total. The van der Waals surface area contributed by atoms with Crippen LogP contribution in [0.15, 0.2) is 29.2 Å². The number of sulfone groups is 1. The molecule has 0 spiro atoms. The fraction of sp³-hybridized carbons (Fsp3) is 0.533. The molecule has 1 aromatic carbocycles. The predicted octanol–water partition coefficient (Wildman–Crippen LogP) is 2.40. The van der Waals surface area contributed by atoms with Gasteiger partial charge in [-0.1, -0.05) is 20.8 Å². The van der Waals surface area contributed by atoms with Crippen LogP contribution in [0.1, 0.15) is 31.1 Å². The van der Waals surface area contributed by atoms with E-state index in [0.29, 0.717) is 18.7 Å². The molecule has 0 fully saturated rings. The number of hydrogen-bond acceptors (Lipinski definition) is 5. The van der Waals surface area contributed by atoms with Crippen molar-refractivity contribution in [2.45, 2.75) is 25.7 Å². The summed E-state index contributed by atoms with van der Waals surface area (Å²) in [5, 5.41) is 0. The Morgan fingerprint density at radius 3 is 2.09 bits per heavy atom. The summed E-state index contributed by atoms with van der Waals surface area (Å²) in [6.45, 7) is 8.55. The minimum absolute atomic E-state index is 0. The SMILES string of the molecule is CCN(CC)CCOC(=O)c1ccc(S(=O)(=O)CC)cc1.Cl. The van der Waals surface area contributed by atoms with Gasteiger partial charge in [0.2, 0.25) is 0 Å². The molecule has 1 aromatic rings. The number of rotatable bonds is 8. The van der Waals surface area contributed by atoms with E-state index in [4.69, 9.17) is 4.74 Å². The first-order valence-electron chi connectivity index (χ1n) is 7.16. The van der Waals surface area contributed by atoms with Crippen LogP contribution in [0.5, 0.6) is 0 Å². The summed E-state index contributed by atoms with van der Waals surface area (Å²) >= 11 is 0. The Morgan fingerprint density at radius 1 is 1.09 bits per heavy atom. The van der Waals surface area contributed by atoms with Crippen LogP contribution in [0.3, 0.4) is 0 Å². The van der Waals surface area contributed by atoms with E-state index in [2.05, 4.69) is 18.7 Å². The Balaban J connectivity index is 0.00000441. The van der Waals surface area contributed by atoms with Crippen molar-refractivity contribution in [1.29, 1.82) is 0 Å². The third-order valence-corrected chi connectivity index (χ3v) is 5.11. The van der Waals surface area contributed by atoms with E-state index in [9.17, 15) is 13.2 Å². The van der Waals surface area contributed by atoms with Gasteiger partial charge in [-0.05, 0) is 37.4 Å². The lowest BCUT2D eigenvalue weighted by atomic mass is 10.2. The highest BCUT2D eigenvalue weighted by Crippen LogP contribution is 2.13. The van der Waals surface area contributed by atoms with Crippen molar-refractivity contribution < 1.29 is 17.9 Å². The van der Waals surface area contributed by atoms with Crippen LogP contribution in [-0.2, 0) is 14.6 Å². The lowest BCUT2D eigenvalue weighted by molar-refractivity contribution is 0.0466. The van der Waals surface area contributed by atoms with E-state index in [1.807, 2.05) is 0 Å². The molecule has 0 bridgehead atoms. The number of ether oxygens (including phenoxy) is 1. The molecule has 0 aliphatic rings. The van der Waals surface area contributed by atoms with Gasteiger partial charge < -0.3 is 9.64 Å². The highest BCUT2D eigenvalue weighted by Gasteiger charge is 2.13. The summed E-state index contributed by atoms with van der Waals surface area (Å²) in [6.07, 6.45) is 0. The van der Waals surface area contributed by atoms with Gasteiger partial charge in [-0.2, -0.15) is 0 Å². The van der Waals surface area contributed by atoms with Gasteiger partial charge in [0, 0.05) is 6.54 Å². The third kappa shape index (κ3) is 5.94. The predicted molar refractivity (Wildman–Crippen MR) is 89.5 cm³/mol. The van der Waals surface area contributed by atoms with Crippen LogP contribution >= 0.6 is 12.4 Å². The smallest absolute Gasteiger partial charge is 0.338 e. The number of halogens is 1. The molecule has 126 valence electrons. The Bertz CT molecular complexity index is 553. The molecule has 0 aliphatic heterocycles. The Morgan fingerprint density at radius 2 is 1.64 bits per heavy atom. The molecule has 0 saturated carbocycles. The topological polar surface area (TPSA) is 63.7 Å². The third-order valence-electron chi connectivity index (χ3n) is 3.36. The minimum atomic E-state index is -3.23. The molecule has 0 amide bonds. The lowest BCUT2D eigenvalue weighted by Crippen LogP contribution is -2.27. The summed E-state index contributed by atoms with van der Waals surface area (Å²) < 4.78 is 28.5. The maximum Gasteiger partial charge on any atom is 0.338 e. The second-order valence-corrected chi connectivity index (χ2v) is 6.87. The van der Waals surface area contributed by atoms with Crippen molar-refractivity contribution >= 4 is 28.2 Å². The summed E-state index contributed by atoms with van der Waals surface area (Å²) in [5.74, 6) is -0.386. The number of benzene rings is 1. The fourth-order valence-corrected chi connectivity index (χ4v) is 2.74. The summed E-state index contributed by atoms with van der Waals surface area (Å²) in [7, 11) is -3.23. The van der Waals surface area contributed by atoms with Gasteiger partial charge in [0.25, 0.3) is 0 Å². The highest BCUT2D eigenvalue weighted by atomic mass is 35.5. The molecule has 0 radical (unpaired) electrons. The second kappa shape index (κ2) is 9.82. The van der Waals surface area contributed by atoms with Crippen LogP contribution in [-0.4, -0.2) is 51.3 Å². The number of carbonyl (C=O) groups is 1. The van der Waals surface area contributed by atoms with Crippen LogP contribution in [0.25, 0.3) is 0 Å². The molecular formula is C15H24ClNO4S. The summed E-state index contributed by atoms with van der Waals surface area (Å²) in [4.78, 5) is 14.2. The van der Waals surface area contributed by atoms with Gasteiger partial charge in [-0.15, -0.1) is 12.4 Å². The van der Waals surface area contributed by atoms with E-state index in [0.717, 1.165) is 13.1 Å². The number of esters is 1. The molecule has 7 heteroatoms. The quantitative estimate of drug-likeness (QED) is 0.674. The average Bonchev–Trinajstić information content (AvgIpc) is 2.51. The molecule has 0 heterocycles. The van der Waals surface area contributed by atoms with Crippen molar-refractivity contribution in [3.63, 3.8) is 0 Å². The van der Waals surface area contributed by atoms with E-state index >= 15 is 0 Å². The van der Waals surface area contributed by atoms with Gasteiger partial charge in [-0.25, -0.2) is 13.2 Å². The Labute approximate surface area is 139 Å². The molecule has 22 heavy (non-hydrogen) atoms. The van der Waals surface area contributed by atoms with E-state index < -0.39 is 15.8 Å². The van der Waals surface area contributed by atoms with Gasteiger partial charge in [0.15, 0.2) is 9.84 Å². The maximum absolute atomic E-state index is 11.8. The van der Waals surface area contributed by atoms with Crippen molar-refractivity contribution in [1.82, 2.24) is 4.90 Å². The highest BCUT2D eigenvalue weighted by molar-refractivity contribution is 7.91. The van der Waals surface area contributed by atoms with Crippen molar-refractivity contribution in [3.05, 3.63) is 29.8 Å². The summed E-state index contributed by atoms with van der Waals surface area (Å²) in [6, 6.07) is 5.87. The van der Waals surface area contributed by atoms with Gasteiger partial charge in [0.1, 0.15) is 6.61 Å². The van der Waals surface area contributed by atoms with Crippen LogP contribution in [0.4, 0.5) is 0 Å². The molecule has 0 saturated heterocycles. The molecule has 0 atom stereocenters. The van der Waals surface area contributed by atoms with E-state index in [1.54, 1.807) is 6.92 Å². The summed E-state index contributed by atoms with van der Waals surface area (Å²) in [5.41, 5.74) is 0.365. The molecule has 0 aliphatic carbocycles. The standard InChI is InChI=1S/C15H23NO4S.ClH/c1-4-16(5-2)11-12-20-15(17)13-7-9-14(10-8-13)21(18,19)6-3;/h7-10H,4-6,11-12H2,1-3H3;1H. The monoisotopic (exact) mass is 349 g/mol. The minimum Gasteiger partial charge on any atom is -0.461 e. The first kappa shape index (κ1) is 20.9. The van der Waals surface area contributed by atoms with Crippen molar-refractivity contribution in [2.75, 3.05) is 32.0 Å². The van der Waals surface area contributed by atoms with Gasteiger partial charge in [0.05, 0.1) is 16.2 Å². The first-order chi connectivity index (χ1) is 9.94. The van der Waals surface area contributed by atoms with Crippen molar-refractivity contribution in [2.24, 2.45) is 0 Å². The normalized spacial score (nSPS) is 11.1. The molecule has 0 aromatic heterocycles. The first-order valence-corrected chi connectivity index (χ1v) is 8.82. The fourth-order valence-electron chi connectivity index (χ4n) is 1.86. The second-order valence-electron chi connectivity index (χ2n) is 4.59. The largest absolute Gasteiger partial charge is 0.461 e. The van der Waals surface area contributed by atoms with Gasteiger partial charge in [-0.3, -0.25) is 0 Å². The van der Waals surface area contributed by atoms with Crippen LogP contribution in [0.2, 0.25) is 0 Å². The zero-order valence-corrected chi connectivity index (χ0v) is 14.9. The van der Waals surface area contributed by atoms with Crippen LogP contribution < -0.4 is 0 Å². The Kier molecular flexibility index (Phi) is 9.32. The zero-order valence-electron chi connectivity index (χ0n) is 13.2. The van der Waals surface area contributed by atoms with E-state index in [-0.39, 0.29) is 23.1 Å². The van der Waals surface area contributed by atoms with Crippen molar-refractivity contribution in [3.8, 4) is 0 Å². The van der Waals surface area contributed by atoms with E-state index in [1.165, 1.54) is 24.3 Å². The number of carbonyl (C=O) groups excluding carboxylic acids is 1. The number of hydrogen-bond donors (Lipinski definition) is 0. The zero-order chi connectivity index (χ0) is 15.9. The Hall–Kier alpha value is -1.11. The number of nitrogens with zero attached hydrogens (tertiary/aromatic N) is 1. The molecule has 0 unspecified atom stereocenters. The molecular weight excluding hydrogens is 326 g/mol. The molecule has 1 rings (SSSR count). The van der Waals surface area contributed by atoms with Gasteiger partial charge >= 0.3 is 5.97 Å². The van der Waals surface area contributed by atoms with Crippen LogP contribution in [0, 0.1) is 0 Å².